The second kappa shape index (κ2) is 5.65. The number of nitrogen functional groups attached to an aromatic ring is 1. The minimum Gasteiger partial charge on any atom is -0.494 e. The van der Waals surface area contributed by atoms with Gasteiger partial charge >= 0.3 is 0 Å². The SMILES string of the molecule is CCOc1cc(N)cc(Oc2ccccc2Cl)c1. The van der Waals surface area contributed by atoms with E-state index in [-0.39, 0.29) is 0 Å². The van der Waals surface area contributed by atoms with Crippen LogP contribution in [0.5, 0.6) is 17.2 Å². The number of anilines is 1. The Labute approximate surface area is 111 Å². The third kappa shape index (κ3) is 3.08. The molecule has 3 nitrogen and oxygen atoms in total. The Morgan fingerprint density at radius 1 is 1.11 bits per heavy atom. The molecule has 94 valence electrons. The fourth-order valence-corrected chi connectivity index (χ4v) is 1.73. The van der Waals surface area contributed by atoms with Crippen LogP contribution in [0.4, 0.5) is 5.69 Å². The zero-order chi connectivity index (χ0) is 13.0. The fraction of sp³-hybridized carbons (Fsp3) is 0.143. The maximum absolute atomic E-state index is 6.03. The van der Waals surface area contributed by atoms with Crippen molar-refractivity contribution in [2.45, 2.75) is 6.92 Å². The highest BCUT2D eigenvalue weighted by Crippen LogP contribution is 2.32. The highest BCUT2D eigenvalue weighted by molar-refractivity contribution is 6.32. The third-order valence-electron chi connectivity index (χ3n) is 2.28. The number of benzene rings is 2. The lowest BCUT2D eigenvalue weighted by Gasteiger charge is -2.10. The smallest absolute Gasteiger partial charge is 0.146 e. The van der Waals surface area contributed by atoms with Crippen LogP contribution in [-0.2, 0) is 0 Å². The third-order valence-corrected chi connectivity index (χ3v) is 2.59. The van der Waals surface area contributed by atoms with E-state index in [2.05, 4.69) is 0 Å². The van der Waals surface area contributed by atoms with E-state index in [0.29, 0.717) is 34.6 Å². The minimum absolute atomic E-state index is 0.554. The molecular weight excluding hydrogens is 250 g/mol. The Morgan fingerprint density at radius 3 is 2.56 bits per heavy atom. The lowest BCUT2D eigenvalue weighted by molar-refractivity contribution is 0.338. The predicted molar refractivity (Wildman–Crippen MR) is 73.5 cm³/mol. The van der Waals surface area contributed by atoms with Crippen molar-refractivity contribution in [3.8, 4) is 17.2 Å². The first-order chi connectivity index (χ1) is 8.69. The van der Waals surface area contributed by atoms with Crippen molar-refractivity contribution in [1.29, 1.82) is 0 Å². The Bertz CT molecular complexity index is 543. The Kier molecular flexibility index (Phi) is 3.95. The normalized spacial score (nSPS) is 10.1. The summed E-state index contributed by atoms with van der Waals surface area (Å²) in [6.07, 6.45) is 0. The topological polar surface area (TPSA) is 44.5 Å². The monoisotopic (exact) mass is 263 g/mol. The molecule has 0 saturated carbocycles. The van der Waals surface area contributed by atoms with Gasteiger partial charge in [0.1, 0.15) is 17.2 Å². The Morgan fingerprint density at radius 2 is 1.83 bits per heavy atom. The summed E-state index contributed by atoms with van der Waals surface area (Å²) in [6, 6.07) is 12.5. The van der Waals surface area contributed by atoms with Gasteiger partial charge in [0.05, 0.1) is 11.6 Å². The second-order valence-electron chi connectivity index (χ2n) is 3.70. The standard InChI is InChI=1S/C14H14ClNO2/c1-2-17-11-7-10(16)8-12(9-11)18-14-6-4-3-5-13(14)15/h3-9H,2,16H2,1H3. The van der Waals surface area contributed by atoms with Crippen LogP contribution in [0.15, 0.2) is 42.5 Å². The van der Waals surface area contributed by atoms with Crippen molar-refractivity contribution in [1.82, 2.24) is 0 Å². The number of halogens is 1. The van der Waals surface area contributed by atoms with Crippen LogP contribution >= 0.6 is 11.6 Å². The summed E-state index contributed by atoms with van der Waals surface area (Å²) in [7, 11) is 0. The molecule has 4 heteroatoms. The van der Waals surface area contributed by atoms with E-state index in [1.54, 1.807) is 30.3 Å². The lowest BCUT2D eigenvalue weighted by Crippen LogP contribution is -1.95. The zero-order valence-corrected chi connectivity index (χ0v) is 10.8. The molecule has 2 N–H and O–H groups in total. The number of ether oxygens (including phenoxy) is 2. The summed E-state index contributed by atoms with van der Waals surface area (Å²) in [5, 5.41) is 0.554. The van der Waals surface area contributed by atoms with Gasteiger partial charge in [-0.2, -0.15) is 0 Å². The van der Waals surface area contributed by atoms with Crippen molar-refractivity contribution in [2.24, 2.45) is 0 Å². The van der Waals surface area contributed by atoms with Gasteiger partial charge in [-0.1, -0.05) is 23.7 Å². The van der Waals surface area contributed by atoms with Gasteiger partial charge in [-0.3, -0.25) is 0 Å². The van der Waals surface area contributed by atoms with Gasteiger partial charge in [0.2, 0.25) is 0 Å². The molecule has 0 amide bonds. The molecule has 2 rings (SSSR count). The zero-order valence-electron chi connectivity index (χ0n) is 10.0. The molecule has 0 unspecified atom stereocenters. The maximum atomic E-state index is 6.03. The lowest BCUT2D eigenvalue weighted by atomic mass is 10.3. The van der Waals surface area contributed by atoms with Crippen molar-refractivity contribution < 1.29 is 9.47 Å². The summed E-state index contributed by atoms with van der Waals surface area (Å²) in [6.45, 7) is 2.49. The van der Waals surface area contributed by atoms with Gasteiger partial charge in [-0.25, -0.2) is 0 Å². The molecule has 0 saturated heterocycles. The molecule has 0 aliphatic carbocycles. The summed E-state index contributed by atoms with van der Waals surface area (Å²) in [5.41, 5.74) is 6.37. The van der Waals surface area contributed by atoms with Gasteiger partial charge in [-0.05, 0) is 19.1 Å². The molecule has 0 fully saturated rings. The molecule has 0 bridgehead atoms. The number of hydrogen-bond acceptors (Lipinski definition) is 3. The molecule has 18 heavy (non-hydrogen) atoms. The van der Waals surface area contributed by atoms with Crippen molar-refractivity contribution >= 4 is 17.3 Å². The molecule has 0 atom stereocenters. The average molecular weight is 264 g/mol. The van der Waals surface area contributed by atoms with Gasteiger partial charge in [0, 0.05) is 23.9 Å². The van der Waals surface area contributed by atoms with Crippen molar-refractivity contribution in [3.63, 3.8) is 0 Å². The largest absolute Gasteiger partial charge is 0.494 e. The van der Waals surface area contributed by atoms with Crippen molar-refractivity contribution in [3.05, 3.63) is 47.5 Å². The van der Waals surface area contributed by atoms with Crippen LogP contribution in [0.1, 0.15) is 6.92 Å². The van der Waals surface area contributed by atoms with Crippen LogP contribution < -0.4 is 15.2 Å². The molecule has 2 aromatic carbocycles. The van der Waals surface area contributed by atoms with Gasteiger partial charge < -0.3 is 15.2 Å². The molecular formula is C14H14ClNO2. The van der Waals surface area contributed by atoms with E-state index in [9.17, 15) is 0 Å². The van der Waals surface area contributed by atoms with Crippen LogP contribution in [0.2, 0.25) is 5.02 Å². The predicted octanol–water partition coefficient (Wildman–Crippen LogP) is 4.11. The molecule has 0 radical (unpaired) electrons. The van der Waals surface area contributed by atoms with E-state index in [1.165, 1.54) is 0 Å². The number of nitrogens with two attached hydrogens (primary N) is 1. The van der Waals surface area contributed by atoms with Crippen LogP contribution in [0.3, 0.4) is 0 Å². The molecule has 0 heterocycles. The molecule has 0 aliphatic heterocycles. The molecule has 0 aliphatic rings. The Balaban J connectivity index is 2.26. The first-order valence-corrected chi connectivity index (χ1v) is 6.02. The fourth-order valence-electron chi connectivity index (χ4n) is 1.56. The Hall–Kier alpha value is -1.87. The van der Waals surface area contributed by atoms with E-state index in [1.807, 2.05) is 19.1 Å². The van der Waals surface area contributed by atoms with E-state index in [0.717, 1.165) is 0 Å². The summed E-state index contributed by atoms with van der Waals surface area (Å²) < 4.78 is 11.1. The maximum Gasteiger partial charge on any atom is 0.146 e. The number of para-hydroxylation sites is 1. The number of hydrogen-bond donors (Lipinski definition) is 1. The molecule has 0 aromatic heterocycles. The summed E-state index contributed by atoms with van der Waals surface area (Å²) in [5.74, 6) is 1.87. The number of rotatable bonds is 4. The quantitative estimate of drug-likeness (QED) is 0.844. The van der Waals surface area contributed by atoms with Crippen LogP contribution in [-0.4, -0.2) is 6.61 Å². The summed E-state index contributed by atoms with van der Waals surface area (Å²) in [4.78, 5) is 0. The van der Waals surface area contributed by atoms with Gasteiger partial charge in [0.25, 0.3) is 0 Å². The van der Waals surface area contributed by atoms with Gasteiger partial charge in [0.15, 0.2) is 0 Å². The van der Waals surface area contributed by atoms with E-state index >= 15 is 0 Å². The average Bonchev–Trinajstić information content (AvgIpc) is 2.32. The highest BCUT2D eigenvalue weighted by Gasteiger charge is 2.05. The first kappa shape index (κ1) is 12.6. The first-order valence-electron chi connectivity index (χ1n) is 5.65. The van der Waals surface area contributed by atoms with E-state index in [4.69, 9.17) is 26.8 Å². The second-order valence-corrected chi connectivity index (χ2v) is 4.11. The molecule has 2 aromatic rings. The van der Waals surface area contributed by atoms with Crippen LogP contribution in [0.25, 0.3) is 0 Å². The molecule has 0 spiro atoms. The minimum atomic E-state index is 0.554. The van der Waals surface area contributed by atoms with Crippen LogP contribution in [0, 0.1) is 0 Å². The van der Waals surface area contributed by atoms with Crippen molar-refractivity contribution in [2.75, 3.05) is 12.3 Å². The van der Waals surface area contributed by atoms with Gasteiger partial charge in [-0.15, -0.1) is 0 Å². The summed E-state index contributed by atoms with van der Waals surface area (Å²) >= 11 is 6.03. The highest BCUT2D eigenvalue weighted by atomic mass is 35.5. The van der Waals surface area contributed by atoms with E-state index < -0.39 is 0 Å².